The van der Waals surface area contributed by atoms with Gasteiger partial charge in [0.1, 0.15) is 11.8 Å². The predicted octanol–water partition coefficient (Wildman–Crippen LogP) is 3.11. The van der Waals surface area contributed by atoms with Crippen molar-refractivity contribution in [2.24, 2.45) is 0 Å². The Morgan fingerprint density at radius 3 is 2.59 bits per heavy atom. The van der Waals surface area contributed by atoms with Gasteiger partial charge in [0.25, 0.3) is 5.91 Å². The molecule has 8 heteroatoms. The van der Waals surface area contributed by atoms with Crippen molar-refractivity contribution in [1.82, 2.24) is 4.98 Å². The smallest absolute Gasteiger partial charge is 0.387 e. The van der Waals surface area contributed by atoms with E-state index >= 15 is 0 Å². The van der Waals surface area contributed by atoms with Crippen LogP contribution in [0.1, 0.15) is 18.0 Å². The number of rotatable bonds is 7. The summed E-state index contributed by atoms with van der Waals surface area (Å²) < 4.78 is 29.7. The van der Waals surface area contributed by atoms with Crippen molar-refractivity contribution in [3.8, 4) is 5.75 Å². The highest BCUT2D eigenvalue weighted by molar-refractivity contribution is 7.18. The summed E-state index contributed by atoms with van der Waals surface area (Å²) in [7, 11) is 1.94. The number of quaternary nitrogens is 1. The average molecular weight is 392 g/mol. The Balaban J connectivity index is 1.58. The maximum Gasteiger partial charge on any atom is 0.387 e. The zero-order valence-corrected chi connectivity index (χ0v) is 15.7. The molecule has 5 nitrogen and oxygen atoms in total. The van der Waals surface area contributed by atoms with E-state index in [0.29, 0.717) is 5.69 Å². The maximum atomic E-state index is 12.3. The molecular weight excluding hydrogens is 372 g/mol. The van der Waals surface area contributed by atoms with Crippen LogP contribution in [-0.2, 0) is 4.79 Å². The molecule has 1 heterocycles. The van der Waals surface area contributed by atoms with E-state index in [2.05, 4.69) is 15.0 Å². The van der Waals surface area contributed by atoms with Crippen molar-refractivity contribution >= 4 is 33.1 Å². The fraction of sp³-hybridized carbons (Fsp3) is 0.263. The second kappa shape index (κ2) is 8.41. The Labute approximate surface area is 159 Å². The molecule has 0 radical (unpaired) electrons. The Morgan fingerprint density at radius 1 is 1.22 bits per heavy atom. The third-order valence-corrected chi connectivity index (χ3v) is 5.44. The number of hydrogen-bond acceptors (Lipinski definition) is 4. The fourth-order valence-electron chi connectivity index (χ4n) is 2.62. The van der Waals surface area contributed by atoms with E-state index in [1.165, 1.54) is 24.3 Å². The number of ether oxygens (including phenoxy) is 1. The van der Waals surface area contributed by atoms with Gasteiger partial charge in [-0.1, -0.05) is 12.1 Å². The summed E-state index contributed by atoms with van der Waals surface area (Å²) in [5.74, 6) is -0.113. The van der Waals surface area contributed by atoms with Gasteiger partial charge < -0.3 is 15.0 Å². The van der Waals surface area contributed by atoms with Crippen molar-refractivity contribution in [3.05, 3.63) is 53.5 Å². The first-order chi connectivity index (χ1) is 12.9. The van der Waals surface area contributed by atoms with Crippen LogP contribution in [-0.4, -0.2) is 31.1 Å². The van der Waals surface area contributed by atoms with Crippen LogP contribution in [0.25, 0.3) is 10.2 Å². The lowest BCUT2D eigenvalue weighted by atomic mass is 10.3. The molecule has 0 aliphatic heterocycles. The molecule has 27 heavy (non-hydrogen) atoms. The Kier molecular flexibility index (Phi) is 5.98. The molecule has 1 amide bonds. The molecular formula is C19H20F2N3O2S+. The standard InChI is InChI=1S/C19H19F2N3O2S/c1-12(18-23-15-5-3-4-6-16(15)27-18)24(2)11-17(25)22-13-7-9-14(10-8-13)26-19(20)21/h3-10,12,19H,11H2,1-2H3,(H,22,25)/p+1/t12-/m1/s1. The number of alkyl halides is 2. The monoisotopic (exact) mass is 392 g/mol. The molecule has 0 aliphatic carbocycles. The number of thiazole rings is 1. The topological polar surface area (TPSA) is 55.7 Å². The summed E-state index contributed by atoms with van der Waals surface area (Å²) >= 11 is 1.63. The molecule has 2 N–H and O–H groups in total. The number of carbonyl (C=O) groups excluding carboxylic acids is 1. The number of halogens is 2. The number of hydrogen-bond donors (Lipinski definition) is 2. The summed E-state index contributed by atoms with van der Waals surface area (Å²) in [6, 6.07) is 13.9. The first-order valence-corrected chi connectivity index (χ1v) is 9.26. The number of amides is 1. The summed E-state index contributed by atoms with van der Waals surface area (Å²) in [6.45, 7) is -0.574. The van der Waals surface area contributed by atoms with Crippen LogP contribution in [0.5, 0.6) is 5.75 Å². The number of likely N-dealkylation sites (N-methyl/N-ethyl adjacent to an activating group) is 1. The Hall–Kier alpha value is -2.58. The van der Waals surface area contributed by atoms with Crippen LogP contribution in [0.4, 0.5) is 14.5 Å². The summed E-state index contributed by atoms with van der Waals surface area (Å²) in [5.41, 5.74) is 1.50. The molecule has 3 aromatic rings. The highest BCUT2D eigenvalue weighted by Crippen LogP contribution is 2.24. The third kappa shape index (κ3) is 4.99. The number of fused-ring (bicyclic) bond motifs is 1. The van der Waals surface area contributed by atoms with Gasteiger partial charge in [-0.2, -0.15) is 8.78 Å². The van der Waals surface area contributed by atoms with Crippen LogP contribution in [0.2, 0.25) is 0 Å². The van der Waals surface area contributed by atoms with Gasteiger partial charge in [0.15, 0.2) is 11.6 Å². The molecule has 2 aromatic carbocycles. The van der Waals surface area contributed by atoms with Gasteiger partial charge in [0.2, 0.25) is 0 Å². The van der Waals surface area contributed by atoms with Crippen molar-refractivity contribution in [2.45, 2.75) is 19.6 Å². The van der Waals surface area contributed by atoms with E-state index in [0.717, 1.165) is 20.1 Å². The van der Waals surface area contributed by atoms with Crippen LogP contribution in [0.3, 0.4) is 0 Å². The Bertz CT molecular complexity index is 882. The van der Waals surface area contributed by atoms with Gasteiger partial charge in [-0.15, -0.1) is 11.3 Å². The zero-order chi connectivity index (χ0) is 19.4. The van der Waals surface area contributed by atoms with E-state index in [1.807, 2.05) is 38.2 Å². The number of carbonyl (C=O) groups is 1. The van der Waals surface area contributed by atoms with Crippen LogP contribution < -0.4 is 15.0 Å². The molecule has 0 spiro atoms. The second-order valence-electron chi connectivity index (χ2n) is 6.22. The van der Waals surface area contributed by atoms with E-state index in [4.69, 9.17) is 0 Å². The summed E-state index contributed by atoms with van der Waals surface area (Å²) in [4.78, 5) is 17.9. The lowest BCUT2D eigenvalue weighted by Gasteiger charge is -2.19. The van der Waals surface area contributed by atoms with Gasteiger partial charge >= 0.3 is 6.61 Å². The normalized spacial score (nSPS) is 13.5. The number of nitrogens with zero attached hydrogens (tertiary/aromatic N) is 1. The molecule has 0 aliphatic rings. The van der Waals surface area contributed by atoms with Crippen molar-refractivity contribution in [2.75, 3.05) is 18.9 Å². The van der Waals surface area contributed by atoms with Gasteiger partial charge in [-0.3, -0.25) is 4.79 Å². The quantitative estimate of drug-likeness (QED) is 0.650. The lowest BCUT2D eigenvalue weighted by molar-refractivity contribution is -0.902. The second-order valence-corrected chi connectivity index (χ2v) is 7.28. The van der Waals surface area contributed by atoms with E-state index in [-0.39, 0.29) is 24.2 Å². The molecule has 2 atom stereocenters. The Morgan fingerprint density at radius 2 is 1.93 bits per heavy atom. The molecule has 0 bridgehead atoms. The van der Waals surface area contributed by atoms with E-state index in [9.17, 15) is 13.6 Å². The van der Waals surface area contributed by atoms with E-state index < -0.39 is 6.61 Å². The maximum absolute atomic E-state index is 12.3. The minimum atomic E-state index is -2.87. The average Bonchev–Trinajstić information content (AvgIpc) is 3.06. The first kappa shape index (κ1) is 19.2. The van der Waals surface area contributed by atoms with Crippen LogP contribution in [0, 0.1) is 0 Å². The highest BCUT2D eigenvalue weighted by Gasteiger charge is 2.22. The van der Waals surface area contributed by atoms with Crippen molar-refractivity contribution in [1.29, 1.82) is 0 Å². The van der Waals surface area contributed by atoms with Gasteiger partial charge in [0, 0.05) is 5.69 Å². The van der Waals surface area contributed by atoms with Gasteiger partial charge in [0.05, 0.1) is 17.3 Å². The van der Waals surface area contributed by atoms with E-state index in [1.54, 1.807) is 11.3 Å². The molecule has 0 fully saturated rings. The van der Waals surface area contributed by atoms with Crippen molar-refractivity contribution < 1.29 is 23.2 Å². The molecule has 3 rings (SSSR count). The summed E-state index contributed by atoms with van der Waals surface area (Å²) in [5, 5.41) is 3.75. The highest BCUT2D eigenvalue weighted by atomic mass is 32.1. The number of anilines is 1. The lowest BCUT2D eigenvalue weighted by Crippen LogP contribution is -3.10. The molecule has 142 valence electrons. The minimum Gasteiger partial charge on any atom is -0.435 e. The SMILES string of the molecule is C[C@H](c1nc2ccccc2s1)[NH+](C)CC(=O)Nc1ccc(OC(F)F)cc1. The summed E-state index contributed by atoms with van der Waals surface area (Å²) in [6.07, 6.45) is 0. The number of para-hydroxylation sites is 1. The fourth-order valence-corrected chi connectivity index (χ4v) is 3.73. The minimum absolute atomic E-state index is 0.0511. The number of aromatic nitrogens is 1. The molecule has 0 saturated heterocycles. The predicted molar refractivity (Wildman–Crippen MR) is 101 cm³/mol. The van der Waals surface area contributed by atoms with Crippen LogP contribution >= 0.6 is 11.3 Å². The third-order valence-electron chi connectivity index (χ3n) is 4.22. The molecule has 0 saturated carbocycles. The van der Waals surface area contributed by atoms with Crippen molar-refractivity contribution in [3.63, 3.8) is 0 Å². The molecule has 1 aromatic heterocycles. The van der Waals surface area contributed by atoms with Gasteiger partial charge in [-0.25, -0.2) is 4.98 Å². The number of benzene rings is 2. The first-order valence-electron chi connectivity index (χ1n) is 8.45. The zero-order valence-electron chi connectivity index (χ0n) is 14.9. The largest absolute Gasteiger partial charge is 0.435 e. The van der Waals surface area contributed by atoms with Crippen LogP contribution in [0.15, 0.2) is 48.5 Å². The number of nitrogens with one attached hydrogen (secondary N) is 2. The molecule has 1 unspecified atom stereocenters. The van der Waals surface area contributed by atoms with Gasteiger partial charge in [-0.05, 0) is 43.3 Å².